The van der Waals surface area contributed by atoms with E-state index in [1.54, 1.807) is 0 Å². The van der Waals surface area contributed by atoms with E-state index < -0.39 is 0 Å². The number of fused-ring (bicyclic) bond motifs is 1. The SMILES string of the molecule is CCC(C)NC(=O)N1CCn2c(nnc2C2CCN(C(=O)CC(C)C)CC2)C1. The molecule has 1 fully saturated rings. The Bertz CT molecular complexity index is 693. The lowest BCUT2D eigenvalue weighted by molar-refractivity contribution is -0.133. The van der Waals surface area contributed by atoms with Crippen molar-refractivity contribution < 1.29 is 9.59 Å². The highest BCUT2D eigenvalue weighted by Gasteiger charge is 2.31. The van der Waals surface area contributed by atoms with Gasteiger partial charge in [-0.15, -0.1) is 10.2 Å². The molecule has 0 saturated carbocycles. The second-order valence-electron chi connectivity index (χ2n) is 8.56. The van der Waals surface area contributed by atoms with Gasteiger partial charge in [0.05, 0.1) is 6.54 Å². The van der Waals surface area contributed by atoms with Gasteiger partial charge in [0, 0.05) is 44.6 Å². The smallest absolute Gasteiger partial charge is 0.318 e. The fourth-order valence-electron chi connectivity index (χ4n) is 3.93. The summed E-state index contributed by atoms with van der Waals surface area (Å²) in [5, 5.41) is 11.9. The van der Waals surface area contributed by atoms with Gasteiger partial charge < -0.3 is 19.7 Å². The topological polar surface area (TPSA) is 83.4 Å². The van der Waals surface area contributed by atoms with Gasteiger partial charge in [-0.25, -0.2) is 4.79 Å². The minimum atomic E-state index is -0.0258. The van der Waals surface area contributed by atoms with Gasteiger partial charge in [-0.2, -0.15) is 0 Å². The molecule has 0 radical (unpaired) electrons. The number of nitrogens with one attached hydrogen (secondary N) is 1. The molecule has 3 amide bonds. The zero-order valence-electron chi connectivity index (χ0n) is 17.6. The highest BCUT2D eigenvalue weighted by atomic mass is 16.2. The number of hydrogen-bond acceptors (Lipinski definition) is 4. The van der Waals surface area contributed by atoms with E-state index >= 15 is 0 Å². The number of amides is 3. The standard InChI is InChI=1S/C20H34N6O2/c1-5-15(4)21-20(28)25-10-11-26-17(13-25)22-23-19(26)16-6-8-24(9-7-16)18(27)12-14(2)3/h14-16H,5-13H2,1-4H3,(H,21,28). The molecule has 0 spiro atoms. The van der Waals surface area contributed by atoms with Gasteiger partial charge in [-0.05, 0) is 32.1 Å². The van der Waals surface area contributed by atoms with E-state index in [1.165, 1.54) is 0 Å². The summed E-state index contributed by atoms with van der Waals surface area (Å²) in [7, 11) is 0. The lowest BCUT2D eigenvalue weighted by atomic mass is 9.95. The number of rotatable bonds is 5. The van der Waals surface area contributed by atoms with Crippen LogP contribution in [0.1, 0.15) is 70.9 Å². The van der Waals surface area contributed by atoms with Crippen LogP contribution in [0.5, 0.6) is 0 Å². The molecule has 8 nitrogen and oxygen atoms in total. The van der Waals surface area contributed by atoms with Crippen LogP contribution >= 0.6 is 0 Å². The van der Waals surface area contributed by atoms with Crippen LogP contribution in [0, 0.1) is 5.92 Å². The molecule has 1 aromatic rings. The van der Waals surface area contributed by atoms with Crippen molar-refractivity contribution in [2.45, 2.75) is 78.4 Å². The fraction of sp³-hybridized carbons (Fsp3) is 0.800. The van der Waals surface area contributed by atoms with Crippen molar-refractivity contribution >= 4 is 11.9 Å². The van der Waals surface area contributed by atoms with E-state index in [0.29, 0.717) is 31.3 Å². The van der Waals surface area contributed by atoms with Crippen molar-refractivity contribution in [2.24, 2.45) is 5.92 Å². The van der Waals surface area contributed by atoms with Crippen LogP contribution in [0.2, 0.25) is 0 Å². The van der Waals surface area contributed by atoms with E-state index in [1.807, 2.05) is 16.7 Å². The molecule has 0 aromatic carbocycles. The lowest BCUT2D eigenvalue weighted by Gasteiger charge is -2.33. The number of carbonyl (C=O) groups excluding carboxylic acids is 2. The van der Waals surface area contributed by atoms with Gasteiger partial charge in [0.15, 0.2) is 5.82 Å². The van der Waals surface area contributed by atoms with Gasteiger partial charge in [-0.3, -0.25) is 4.79 Å². The maximum absolute atomic E-state index is 12.4. The number of carbonyl (C=O) groups is 2. The van der Waals surface area contributed by atoms with Crippen LogP contribution in [0.3, 0.4) is 0 Å². The first-order valence-electron chi connectivity index (χ1n) is 10.6. The number of piperidine rings is 1. The molecule has 0 aliphatic carbocycles. The van der Waals surface area contributed by atoms with E-state index in [2.05, 4.69) is 40.9 Å². The van der Waals surface area contributed by atoms with Crippen molar-refractivity contribution in [3.8, 4) is 0 Å². The van der Waals surface area contributed by atoms with Crippen LogP contribution in [0.4, 0.5) is 4.79 Å². The molecule has 8 heteroatoms. The third-order valence-corrected chi connectivity index (χ3v) is 5.85. The van der Waals surface area contributed by atoms with Crippen LogP contribution in [-0.2, 0) is 17.9 Å². The molecule has 28 heavy (non-hydrogen) atoms. The fourth-order valence-corrected chi connectivity index (χ4v) is 3.93. The Kier molecular flexibility index (Phi) is 6.57. The minimum Gasteiger partial charge on any atom is -0.343 e. The Labute approximate surface area is 167 Å². The van der Waals surface area contributed by atoms with E-state index in [0.717, 1.165) is 50.5 Å². The van der Waals surface area contributed by atoms with E-state index in [4.69, 9.17) is 0 Å². The monoisotopic (exact) mass is 390 g/mol. The van der Waals surface area contributed by atoms with Crippen molar-refractivity contribution in [3.05, 3.63) is 11.6 Å². The van der Waals surface area contributed by atoms with Crippen LogP contribution < -0.4 is 5.32 Å². The van der Waals surface area contributed by atoms with Crippen molar-refractivity contribution in [1.29, 1.82) is 0 Å². The molecule has 0 bridgehead atoms. The van der Waals surface area contributed by atoms with Gasteiger partial charge in [-0.1, -0.05) is 20.8 Å². The highest BCUT2D eigenvalue weighted by molar-refractivity contribution is 5.76. The molecule has 1 aromatic heterocycles. The average molecular weight is 391 g/mol. The maximum atomic E-state index is 12.4. The first kappa shape index (κ1) is 20.6. The average Bonchev–Trinajstić information content (AvgIpc) is 3.10. The third kappa shape index (κ3) is 4.64. The van der Waals surface area contributed by atoms with Gasteiger partial charge in [0.25, 0.3) is 0 Å². The van der Waals surface area contributed by atoms with Gasteiger partial charge in [0.2, 0.25) is 5.91 Å². The predicted octanol–water partition coefficient (Wildman–Crippen LogP) is 2.35. The van der Waals surface area contributed by atoms with Gasteiger partial charge in [0.1, 0.15) is 5.82 Å². The molecular formula is C20H34N6O2. The first-order chi connectivity index (χ1) is 13.4. The predicted molar refractivity (Wildman–Crippen MR) is 107 cm³/mol. The summed E-state index contributed by atoms with van der Waals surface area (Å²) < 4.78 is 2.18. The molecule has 3 rings (SSSR count). The molecule has 1 atom stereocenters. The van der Waals surface area contributed by atoms with Crippen LogP contribution in [-0.4, -0.2) is 62.2 Å². The quantitative estimate of drug-likeness (QED) is 0.836. The number of nitrogens with zero attached hydrogens (tertiary/aromatic N) is 5. The molecule has 156 valence electrons. The van der Waals surface area contributed by atoms with Crippen LogP contribution in [0.25, 0.3) is 0 Å². The summed E-state index contributed by atoms with van der Waals surface area (Å²) in [6.07, 6.45) is 3.40. The molecule has 1 N–H and O–H groups in total. The van der Waals surface area contributed by atoms with E-state index in [9.17, 15) is 9.59 Å². The summed E-state index contributed by atoms with van der Waals surface area (Å²) in [5.74, 6) is 2.88. The van der Waals surface area contributed by atoms with Crippen molar-refractivity contribution in [3.63, 3.8) is 0 Å². The number of hydrogen-bond donors (Lipinski definition) is 1. The summed E-state index contributed by atoms with van der Waals surface area (Å²) in [5.41, 5.74) is 0. The first-order valence-corrected chi connectivity index (χ1v) is 10.6. The third-order valence-electron chi connectivity index (χ3n) is 5.85. The highest BCUT2D eigenvalue weighted by Crippen LogP contribution is 2.29. The summed E-state index contributed by atoms with van der Waals surface area (Å²) in [6, 6.07) is 0.147. The second kappa shape index (κ2) is 8.92. The zero-order valence-corrected chi connectivity index (χ0v) is 17.6. The number of urea groups is 1. The second-order valence-corrected chi connectivity index (χ2v) is 8.56. The Hall–Kier alpha value is -2.12. The van der Waals surface area contributed by atoms with Crippen LogP contribution in [0.15, 0.2) is 0 Å². The largest absolute Gasteiger partial charge is 0.343 e. The molecule has 1 saturated heterocycles. The Morgan fingerprint density at radius 3 is 2.43 bits per heavy atom. The maximum Gasteiger partial charge on any atom is 0.318 e. The normalized spacial score (nSPS) is 18.9. The Morgan fingerprint density at radius 1 is 1.07 bits per heavy atom. The summed E-state index contributed by atoms with van der Waals surface area (Å²) >= 11 is 0. The number of aromatic nitrogens is 3. The minimum absolute atomic E-state index is 0.0258. The zero-order chi connectivity index (χ0) is 20.3. The number of likely N-dealkylation sites (tertiary alicyclic amines) is 1. The molecule has 3 heterocycles. The molecular weight excluding hydrogens is 356 g/mol. The van der Waals surface area contributed by atoms with E-state index in [-0.39, 0.29) is 18.0 Å². The molecule has 2 aliphatic heterocycles. The summed E-state index contributed by atoms with van der Waals surface area (Å²) in [4.78, 5) is 28.5. The molecule has 2 aliphatic rings. The van der Waals surface area contributed by atoms with Crippen molar-refractivity contribution in [1.82, 2.24) is 29.9 Å². The van der Waals surface area contributed by atoms with Gasteiger partial charge >= 0.3 is 6.03 Å². The Balaban J connectivity index is 1.58. The Morgan fingerprint density at radius 2 is 1.79 bits per heavy atom. The lowest BCUT2D eigenvalue weighted by Crippen LogP contribution is -2.47. The molecule has 1 unspecified atom stereocenters. The van der Waals surface area contributed by atoms with Crippen molar-refractivity contribution in [2.75, 3.05) is 19.6 Å². The summed E-state index contributed by atoms with van der Waals surface area (Å²) in [6.45, 7) is 11.7.